The molecule has 3 aliphatic rings. The zero-order valence-corrected chi connectivity index (χ0v) is 26.3. The fourth-order valence-electron chi connectivity index (χ4n) is 7.08. The highest BCUT2D eigenvalue weighted by Crippen LogP contribution is 2.42. The molecule has 3 aromatic rings. The van der Waals surface area contributed by atoms with E-state index in [2.05, 4.69) is 15.7 Å². The summed E-state index contributed by atoms with van der Waals surface area (Å²) in [6.45, 7) is 4.74. The van der Waals surface area contributed by atoms with Crippen molar-refractivity contribution < 1.29 is 36.3 Å². The number of ether oxygens (including phenoxy) is 1. The van der Waals surface area contributed by atoms with Gasteiger partial charge in [0.1, 0.15) is 5.69 Å². The van der Waals surface area contributed by atoms with Gasteiger partial charge in [-0.25, -0.2) is 23.3 Å². The van der Waals surface area contributed by atoms with E-state index in [0.717, 1.165) is 0 Å². The van der Waals surface area contributed by atoms with Crippen LogP contribution in [0.1, 0.15) is 92.4 Å². The van der Waals surface area contributed by atoms with E-state index in [1.54, 1.807) is 12.3 Å². The number of nitrogens with one attached hydrogen (secondary N) is 2. The van der Waals surface area contributed by atoms with Crippen molar-refractivity contribution in [1.82, 2.24) is 40.0 Å². The molecule has 3 atom stereocenters. The second-order valence-electron chi connectivity index (χ2n) is 13.3. The maximum atomic E-state index is 14.2. The summed E-state index contributed by atoms with van der Waals surface area (Å²) in [6, 6.07) is 0.833. The fourth-order valence-corrected chi connectivity index (χ4v) is 7.08. The lowest BCUT2D eigenvalue weighted by Gasteiger charge is -2.35. The molecule has 3 aromatic heterocycles. The van der Waals surface area contributed by atoms with Gasteiger partial charge in [0.15, 0.2) is 0 Å². The molecule has 3 fully saturated rings. The molecule has 1 saturated carbocycles. The number of hydrogen-bond donors (Lipinski definition) is 2. The van der Waals surface area contributed by atoms with Crippen LogP contribution in [0.5, 0.6) is 0 Å². The van der Waals surface area contributed by atoms with E-state index in [9.17, 15) is 31.5 Å². The molecule has 2 saturated heterocycles. The van der Waals surface area contributed by atoms with Crippen LogP contribution in [0.15, 0.2) is 18.5 Å². The largest absolute Gasteiger partial charge is 0.393 e. The minimum absolute atomic E-state index is 0.0560. The molecule has 2 amide bonds. The Hall–Kier alpha value is -3.69. The minimum Gasteiger partial charge on any atom is -0.381 e. The average Bonchev–Trinajstić information content (AvgIpc) is 3.67. The van der Waals surface area contributed by atoms with Gasteiger partial charge in [0.2, 0.25) is 11.8 Å². The molecular formula is C31H39F5N8O3. The predicted molar refractivity (Wildman–Crippen MR) is 158 cm³/mol. The Bertz CT molecular complexity index is 1610. The Labute approximate surface area is 268 Å². The Balaban J connectivity index is 1.38. The second-order valence-corrected chi connectivity index (χ2v) is 13.3. The number of fused-ring (bicyclic) bond motifs is 1. The number of imidazole rings is 1. The summed E-state index contributed by atoms with van der Waals surface area (Å²) in [5.74, 6) is -6.46. The number of amides is 2. The quantitative estimate of drug-likeness (QED) is 0.338. The normalized spacial score (nSPS) is 24.2. The molecule has 11 nitrogen and oxygen atoms in total. The summed E-state index contributed by atoms with van der Waals surface area (Å²) >= 11 is 0. The van der Waals surface area contributed by atoms with Gasteiger partial charge in [-0.3, -0.25) is 14.3 Å². The first-order valence-electron chi connectivity index (χ1n) is 16.2. The first-order valence-corrected chi connectivity index (χ1v) is 16.2. The van der Waals surface area contributed by atoms with Crippen molar-refractivity contribution >= 4 is 17.6 Å². The molecule has 16 heteroatoms. The van der Waals surface area contributed by atoms with E-state index in [0.29, 0.717) is 55.4 Å². The highest BCUT2D eigenvalue weighted by atomic mass is 19.4. The molecular weight excluding hydrogens is 627 g/mol. The summed E-state index contributed by atoms with van der Waals surface area (Å²) in [6.07, 6.45) is -0.938. The van der Waals surface area contributed by atoms with Crippen molar-refractivity contribution in [1.29, 1.82) is 0 Å². The van der Waals surface area contributed by atoms with Crippen LogP contribution in [0.4, 0.5) is 22.0 Å². The Morgan fingerprint density at radius 3 is 2.57 bits per heavy atom. The lowest BCUT2D eigenvalue weighted by molar-refractivity contribution is -0.183. The first-order chi connectivity index (χ1) is 22.3. The number of hydrogen-bond acceptors (Lipinski definition) is 7. The smallest absolute Gasteiger partial charge is 0.381 e. The molecule has 0 radical (unpaired) electrons. The maximum Gasteiger partial charge on any atom is 0.393 e. The lowest BCUT2D eigenvalue weighted by atomic mass is 9.76. The van der Waals surface area contributed by atoms with Crippen molar-refractivity contribution in [2.75, 3.05) is 19.8 Å². The van der Waals surface area contributed by atoms with E-state index in [-0.39, 0.29) is 50.2 Å². The zero-order valence-electron chi connectivity index (χ0n) is 26.3. The van der Waals surface area contributed by atoms with E-state index >= 15 is 0 Å². The summed E-state index contributed by atoms with van der Waals surface area (Å²) < 4.78 is 77.8. The Kier molecular flexibility index (Phi) is 9.00. The maximum absolute atomic E-state index is 14.2. The number of nitrogens with zero attached hydrogens (tertiary/aromatic N) is 6. The number of halogens is 5. The van der Waals surface area contributed by atoms with Gasteiger partial charge in [-0.1, -0.05) is 6.92 Å². The number of carbonyl (C=O) groups is 2. The van der Waals surface area contributed by atoms with Crippen LogP contribution in [0.25, 0.3) is 5.78 Å². The summed E-state index contributed by atoms with van der Waals surface area (Å²) in [5.41, 5.74) is 1.09. The van der Waals surface area contributed by atoms with Gasteiger partial charge in [0.25, 0.3) is 11.7 Å². The van der Waals surface area contributed by atoms with Gasteiger partial charge < -0.3 is 15.4 Å². The number of rotatable bonds is 8. The van der Waals surface area contributed by atoms with Crippen molar-refractivity contribution in [2.24, 2.45) is 17.8 Å². The topological polar surface area (TPSA) is 128 Å². The van der Waals surface area contributed by atoms with Gasteiger partial charge in [0, 0.05) is 63.1 Å². The van der Waals surface area contributed by atoms with Crippen molar-refractivity contribution in [2.45, 2.75) is 95.3 Å². The lowest BCUT2D eigenvalue weighted by Crippen LogP contribution is -2.47. The van der Waals surface area contributed by atoms with Gasteiger partial charge in [-0.05, 0) is 51.0 Å². The molecule has 1 aliphatic carbocycles. The number of piperidine rings is 1. The van der Waals surface area contributed by atoms with Gasteiger partial charge >= 0.3 is 6.18 Å². The third-order valence-corrected chi connectivity index (χ3v) is 10.0. The molecule has 0 bridgehead atoms. The highest BCUT2D eigenvalue weighted by molar-refractivity contribution is 5.92. The molecule has 47 heavy (non-hydrogen) atoms. The number of aromatic nitrogens is 6. The predicted octanol–water partition coefficient (Wildman–Crippen LogP) is 4.56. The molecule has 6 rings (SSSR count). The van der Waals surface area contributed by atoms with Gasteiger partial charge in [-0.15, -0.1) is 0 Å². The number of carbonyl (C=O) groups excluding carboxylic acids is 2. The van der Waals surface area contributed by atoms with E-state index in [1.165, 1.54) is 15.4 Å². The monoisotopic (exact) mass is 666 g/mol. The van der Waals surface area contributed by atoms with Gasteiger partial charge in [-0.2, -0.15) is 23.4 Å². The molecule has 0 spiro atoms. The van der Waals surface area contributed by atoms with Crippen molar-refractivity contribution in [3.05, 3.63) is 41.2 Å². The third-order valence-electron chi connectivity index (χ3n) is 10.0. The minimum atomic E-state index is -4.45. The molecule has 256 valence electrons. The number of aryl methyl sites for hydroxylation is 1. The Morgan fingerprint density at radius 1 is 1.17 bits per heavy atom. The highest BCUT2D eigenvalue weighted by Gasteiger charge is 2.46. The van der Waals surface area contributed by atoms with Crippen LogP contribution in [0.2, 0.25) is 0 Å². The van der Waals surface area contributed by atoms with Crippen LogP contribution < -0.4 is 10.6 Å². The van der Waals surface area contributed by atoms with Crippen LogP contribution >= 0.6 is 0 Å². The molecule has 0 aromatic carbocycles. The average molecular weight is 667 g/mol. The second kappa shape index (κ2) is 12.7. The summed E-state index contributed by atoms with van der Waals surface area (Å²) in [7, 11) is 0. The zero-order chi connectivity index (χ0) is 33.6. The number of alkyl halides is 5. The third kappa shape index (κ3) is 6.97. The van der Waals surface area contributed by atoms with Crippen LogP contribution in [-0.4, -0.2) is 73.0 Å². The van der Waals surface area contributed by atoms with Crippen LogP contribution in [0, 0.1) is 17.8 Å². The van der Waals surface area contributed by atoms with E-state index < -0.39 is 53.8 Å². The SMILES string of the molecule is CCn1nccc1C(=O)N[C@H](c1cn2nc(C[C@H]3C[C@@H](C(F)(F)F)CNC3=O)c(C3(C)CCOCC3)nc2n1)C1CCC(F)(F)CC1. The molecule has 2 N–H and O–H groups in total. The summed E-state index contributed by atoms with van der Waals surface area (Å²) in [5, 5.41) is 14.4. The Morgan fingerprint density at radius 2 is 1.89 bits per heavy atom. The first kappa shape index (κ1) is 33.2. The fraction of sp³-hybridized carbons (Fsp3) is 0.677. The standard InChI is InChI=1S/C31H39F5N8O3/c1-3-43-23(6-11-38-43)27(46)40-24(18-4-7-30(32,33)8-5-18)22-17-44-28(39-22)41-25(29(2)9-12-47-13-10-29)21(42-44)15-19-14-20(31(34,35)36)16-37-26(19)45/h6,11,17-20,24H,3-5,7-10,12-16H2,1-2H3,(H,37,45)(H,40,46)/t19-,20-,24+/m1/s1. The van der Waals surface area contributed by atoms with Crippen molar-refractivity contribution in [3.8, 4) is 0 Å². The molecule has 2 aliphatic heterocycles. The van der Waals surface area contributed by atoms with Crippen LogP contribution in [0.3, 0.4) is 0 Å². The molecule has 5 heterocycles. The van der Waals surface area contributed by atoms with Crippen molar-refractivity contribution in [3.63, 3.8) is 0 Å². The van der Waals surface area contributed by atoms with Gasteiger partial charge in [0.05, 0.1) is 35.2 Å². The summed E-state index contributed by atoms with van der Waals surface area (Å²) in [4.78, 5) is 35.9. The molecule has 0 unspecified atom stereocenters. The van der Waals surface area contributed by atoms with E-state index in [4.69, 9.17) is 19.8 Å². The van der Waals surface area contributed by atoms with E-state index in [1.807, 2.05) is 13.8 Å². The van der Waals surface area contributed by atoms with Crippen LogP contribution in [-0.2, 0) is 27.9 Å².